The zero-order valence-electron chi connectivity index (χ0n) is 10.1. The van der Waals surface area contributed by atoms with Crippen LogP contribution in [0.2, 0.25) is 0 Å². The Morgan fingerprint density at radius 1 is 1.47 bits per heavy atom. The maximum Gasteiger partial charge on any atom is 0.303 e. The van der Waals surface area contributed by atoms with Crippen molar-refractivity contribution >= 4 is 16.9 Å². The fourth-order valence-corrected chi connectivity index (χ4v) is 2.17. The zero-order valence-corrected chi connectivity index (χ0v) is 10.1. The van der Waals surface area contributed by atoms with Crippen molar-refractivity contribution in [1.29, 1.82) is 0 Å². The number of carboxylic acid groups (broad SMARTS) is 1. The highest BCUT2D eigenvalue weighted by Crippen LogP contribution is 2.23. The second-order valence-corrected chi connectivity index (χ2v) is 4.13. The van der Waals surface area contributed by atoms with Crippen LogP contribution >= 0.6 is 0 Å². The summed E-state index contributed by atoms with van der Waals surface area (Å²) >= 11 is 0. The second kappa shape index (κ2) is 4.57. The minimum Gasteiger partial charge on any atom is -0.481 e. The molecule has 0 fully saturated rings. The predicted octanol–water partition coefficient (Wildman–Crippen LogP) is 2.15. The molecule has 1 aromatic heterocycles. The molecule has 0 aliphatic carbocycles. The van der Waals surface area contributed by atoms with E-state index in [0.29, 0.717) is 6.42 Å². The highest BCUT2D eigenvalue weighted by atomic mass is 16.4. The number of carbonyl (C=O) groups is 1. The molecule has 0 unspecified atom stereocenters. The highest BCUT2D eigenvalue weighted by Gasteiger charge is 2.11. The van der Waals surface area contributed by atoms with E-state index >= 15 is 0 Å². The van der Waals surface area contributed by atoms with Crippen LogP contribution in [0.25, 0.3) is 10.9 Å². The lowest BCUT2D eigenvalue weighted by molar-refractivity contribution is -0.136. The molecule has 0 atom stereocenters. The standard InChI is InChI=1S/C13H16N2O2/c1-3-10-13-9(7-8-12(16)17)5-4-6-11(13)15(2)14-10/h4-6H,3,7-8H2,1-2H3,(H,16,17). The van der Waals surface area contributed by atoms with Crippen LogP contribution in [-0.2, 0) is 24.7 Å². The summed E-state index contributed by atoms with van der Waals surface area (Å²) in [5, 5.41) is 14.3. The summed E-state index contributed by atoms with van der Waals surface area (Å²) in [7, 11) is 1.92. The Labute approximate surface area is 99.9 Å². The summed E-state index contributed by atoms with van der Waals surface area (Å²) in [5.74, 6) is -0.760. The van der Waals surface area contributed by atoms with Crippen molar-refractivity contribution in [2.24, 2.45) is 7.05 Å². The molecule has 0 bridgehead atoms. The van der Waals surface area contributed by atoms with Gasteiger partial charge < -0.3 is 5.11 Å². The van der Waals surface area contributed by atoms with Crippen LogP contribution < -0.4 is 0 Å². The summed E-state index contributed by atoms with van der Waals surface area (Å²) < 4.78 is 1.86. The lowest BCUT2D eigenvalue weighted by atomic mass is 10.0. The van der Waals surface area contributed by atoms with E-state index in [1.807, 2.05) is 29.9 Å². The number of rotatable bonds is 4. The molecule has 0 spiro atoms. The number of aromatic nitrogens is 2. The minimum atomic E-state index is -0.760. The molecule has 0 radical (unpaired) electrons. The van der Waals surface area contributed by atoms with Gasteiger partial charge in [-0.1, -0.05) is 19.1 Å². The molecule has 1 heterocycles. The lowest BCUT2D eigenvalue weighted by Gasteiger charge is -2.02. The topological polar surface area (TPSA) is 55.1 Å². The number of carboxylic acids is 1. The molecule has 0 saturated carbocycles. The van der Waals surface area contributed by atoms with Crippen molar-refractivity contribution in [2.45, 2.75) is 26.2 Å². The molecule has 1 N–H and O–H groups in total. The molecule has 4 nitrogen and oxygen atoms in total. The number of aliphatic carboxylic acids is 1. The SMILES string of the molecule is CCc1nn(C)c2cccc(CCC(=O)O)c12. The first-order valence-electron chi connectivity index (χ1n) is 5.78. The van der Waals surface area contributed by atoms with Gasteiger partial charge in [0.15, 0.2) is 0 Å². The van der Waals surface area contributed by atoms with Crippen LogP contribution in [0.1, 0.15) is 24.6 Å². The Balaban J connectivity index is 2.51. The van der Waals surface area contributed by atoms with E-state index in [9.17, 15) is 4.79 Å². The van der Waals surface area contributed by atoms with E-state index in [1.54, 1.807) is 0 Å². The number of fused-ring (bicyclic) bond motifs is 1. The van der Waals surface area contributed by atoms with Gasteiger partial charge in [-0.25, -0.2) is 0 Å². The predicted molar refractivity (Wildman–Crippen MR) is 66.0 cm³/mol. The Bertz CT molecular complexity index is 558. The van der Waals surface area contributed by atoms with Gasteiger partial charge in [-0.05, 0) is 24.5 Å². The summed E-state index contributed by atoms with van der Waals surface area (Å²) in [6, 6.07) is 5.97. The molecule has 90 valence electrons. The molecule has 2 aromatic rings. The quantitative estimate of drug-likeness (QED) is 0.878. The van der Waals surface area contributed by atoms with Gasteiger partial charge in [0.1, 0.15) is 0 Å². The fourth-order valence-electron chi connectivity index (χ4n) is 2.17. The summed E-state index contributed by atoms with van der Waals surface area (Å²) in [6.07, 6.45) is 1.59. The smallest absolute Gasteiger partial charge is 0.303 e. The molecule has 0 aliphatic rings. The molecular weight excluding hydrogens is 216 g/mol. The first-order chi connectivity index (χ1) is 8.13. The van der Waals surface area contributed by atoms with Gasteiger partial charge in [-0.15, -0.1) is 0 Å². The molecule has 2 rings (SSSR count). The summed E-state index contributed by atoms with van der Waals surface area (Å²) in [5.41, 5.74) is 3.20. The van der Waals surface area contributed by atoms with Crippen molar-refractivity contribution in [1.82, 2.24) is 9.78 Å². The molecule has 1 aromatic carbocycles. The number of hydrogen-bond acceptors (Lipinski definition) is 2. The Morgan fingerprint density at radius 2 is 2.24 bits per heavy atom. The van der Waals surface area contributed by atoms with E-state index in [0.717, 1.165) is 28.6 Å². The average Bonchev–Trinajstić information content (AvgIpc) is 2.64. The van der Waals surface area contributed by atoms with Crippen molar-refractivity contribution in [3.8, 4) is 0 Å². The van der Waals surface area contributed by atoms with E-state index in [4.69, 9.17) is 5.11 Å². The number of aryl methyl sites for hydroxylation is 3. The second-order valence-electron chi connectivity index (χ2n) is 4.13. The monoisotopic (exact) mass is 232 g/mol. The Kier molecular flexibility index (Phi) is 3.13. The van der Waals surface area contributed by atoms with Crippen molar-refractivity contribution in [3.63, 3.8) is 0 Å². The van der Waals surface area contributed by atoms with Crippen LogP contribution in [-0.4, -0.2) is 20.9 Å². The van der Waals surface area contributed by atoms with E-state index in [2.05, 4.69) is 12.0 Å². The van der Waals surface area contributed by atoms with Crippen molar-refractivity contribution in [3.05, 3.63) is 29.5 Å². The molecule has 0 amide bonds. The van der Waals surface area contributed by atoms with E-state index in [-0.39, 0.29) is 6.42 Å². The Morgan fingerprint density at radius 3 is 2.88 bits per heavy atom. The number of hydrogen-bond donors (Lipinski definition) is 1. The van der Waals surface area contributed by atoms with Crippen molar-refractivity contribution < 1.29 is 9.90 Å². The average molecular weight is 232 g/mol. The third kappa shape index (κ3) is 2.16. The van der Waals surface area contributed by atoms with Gasteiger partial charge in [0.2, 0.25) is 0 Å². The largest absolute Gasteiger partial charge is 0.481 e. The third-order valence-corrected chi connectivity index (χ3v) is 2.98. The lowest BCUT2D eigenvalue weighted by Crippen LogP contribution is -1.98. The molecule has 0 saturated heterocycles. The first-order valence-corrected chi connectivity index (χ1v) is 5.78. The third-order valence-electron chi connectivity index (χ3n) is 2.98. The normalized spacial score (nSPS) is 10.9. The van der Waals surface area contributed by atoms with Crippen molar-refractivity contribution in [2.75, 3.05) is 0 Å². The zero-order chi connectivity index (χ0) is 12.4. The van der Waals surface area contributed by atoms with Gasteiger partial charge in [-0.3, -0.25) is 9.48 Å². The summed E-state index contributed by atoms with van der Waals surface area (Å²) in [4.78, 5) is 10.6. The van der Waals surface area contributed by atoms with E-state index < -0.39 is 5.97 Å². The maximum absolute atomic E-state index is 10.6. The number of nitrogens with zero attached hydrogens (tertiary/aromatic N) is 2. The van der Waals surface area contributed by atoms with E-state index in [1.165, 1.54) is 0 Å². The van der Waals surface area contributed by atoms with Crippen LogP contribution in [0.3, 0.4) is 0 Å². The maximum atomic E-state index is 10.6. The van der Waals surface area contributed by atoms with Gasteiger partial charge in [-0.2, -0.15) is 5.10 Å². The van der Waals surface area contributed by atoms with Crippen LogP contribution in [0, 0.1) is 0 Å². The number of benzene rings is 1. The summed E-state index contributed by atoms with van der Waals surface area (Å²) in [6.45, 7) is 2.07. The molecule has 17 heavy (non-hydrogen) atoms. The minimum absolute atomic E-state index is 0.164. The van der Waals surface area contributed by atoms with Crippen LogP contribution in [0.15, 0.2) is 18.2 Å². The highest BCUT2D eigenvalue weighted by molar-refractivity contribution is 5.86. The van der Waals surface area contributed by atoms with Gasteiger partial charge in [0, 0.05) is 18.9 Å². The molecule has 0 aliphatic heterocycles. The molecular formula is C13H16N2O2. The van der Waals surface area contributed by atoms with Crippen LogP contribution in [0.5, 0.6) is 0 Å². The van der Waals surface area contributed by atoms with Gasteiger partial charge in [0.25, 0.3) is 0 Å². The van der Waals surface area contributed by atoms with Crippen LogP contribution in [0.4, 0.5) is 0 Å². The first kappa shape index (κ1) is 11.6. The van der Waals surface area contributed by atoms with Gasteiger partial charge >= 0.3 is 5.97 Å². The Hall–Kier alpha value is -1.84. The molecule has 4 heteroatoms. The fraction of sp³-hybridized carbons (Fsp3) is 0.385. The van der Waals surface area contributed by atoms with Gasteiger partial charge in [0.05, 0.1) is 11.2 Å².